The fraction of sp³-hybridized carbons (Fsp3) is 0.250. The van der Waals surface area contributed by atoms with Crippen molar-refractivity contribution in [3.05, 3.63) is 48.2 Å². The summed E-state index contributed by atoms with van der Waals surface area (Å²) in [6.45, 7) is 1.45. The van der Waals surface area contributed by atoms with Crippen LogP contribution in [0.15, 0.2) is 46.9 Å². The lowest BCUT2D eigenvalue weighted by atomic mass is 10.2. The molecule has 1 aromatic carbocycles. The lowest BCUT2D eigenvalue weighted by Crippen LogP contribution is -2.30. The molecule has 5 nitrogen and oxygen atoms in total. The summed E-state index contributed by atoms with van der Waals surface area (Å²) in [5, 5.41) is 0. The van der Waals surface area contributed by atoms with Crippen molar-refractivity contribution in [1.29, 1.82) is 0 Å². The van der Waals surface area contributed by atoms with Gasteiger partial charge in [-0.05, 0) is 19.1 Å². The number of aryl methyl sites for hydroxylation is 1. The van der Waals surface area contributed by atoms with Crippen molar-refractivity contribution >= 4 is 11.9 Å². The Bertz CT molecular complexity index is 618. The first-order valence-electron chi connectivity index (χ1n) is 6.69. The number of carbonyl (C=O) groups excluding carboxylic acids is 2. The predicted octanol–water partition coefficient (Wildman–Crippen LogP) is 2.30. The van der Waals surface area contributed by atoms with Crippen LogP contribution in [0.1, 0.15) is 19.1 Å². The second-order valence-corrected chi connectivity index (χ2v) is 4.67. The molecule has 0 bridgehead atoms. The summed E-state index contributed by atoms with van der Waals surface area (Å²) in [5.74, 6) is 0.314. The van der Waals surface area contributed by atoms with Crippen LogP contribution in [0, 0.1) is 0 Å². The van der Waals surface area contributed by atoms with Crippen LogP contribution < -0.4 is 5.73 Å². The number of esters is 1. The van der Waals surface area contributed by atoms with Crippen LogP contribution in [0.2, 0.25) is 0 Å². The molecule has 2 rings (SSSR count). The van der Waals surface area contributed by atoms with E-state index in [1.165, 1.54) is 6.92 Å². The highest BCUT2D eigenvalue weighted by Crippen LogP contribution is 2.22. The van der Waals surface area contributed by atoms with Gasteiger partial charge >= 0.3 is 5.97 Å². The van der Waals surface area contributed by atoms with Crippen LogP contribution in [0.4, 0.5) is 0 Å². The zero-order valence-electron chi connectivity index (χ0n) is 11.7. The van der Waals surface area contributed by atoms with Gasteiger partial charge in [0.05, 0.1) is 6.42 Å². The Kier molecular flexibility index (Phi) is 4.77. The minimum Gasteiger partial charge on any atom is -0.461 e. The van der Waals surface area contributed by atoms with E-state index in [0.29, 0.717) is 12.2 Å². The van der Waals surface area contributed by atoms with Gasteiger partial charge in [0.25, 0.3) is 5.91 Å². The first kappa shape index (κ1) is 14.8. The smallest absolute Gasteiger partial charge is 0.307 e. The van der Waals surface area contributed by atoms with Crippen molar-refractivity contribution in [2.24, 2.45) is 5.73 Å². The zero-order chi connectivity index (χ0) is 15.2. The topological polar surface area (TPSA) is 82.5 Å². The normalized spacial score (nSPS) is 11.9. The molecule has 0 saturated carbocycles. The number of primary amides is 1. The van der Waals surface area contributed by atoms with Gasteiger partial charge < -0.3 is 14.9 Å². The van der Waals surface area contributed by atoms with E-state index in [-0.39, 0.29) is 6.42 Å². The van der Waals surface area contributed by atoms with E-state index in [1.54, 1.807) is 0 Å². The third-order valence-electron chi connectivity index (χ3n) is 3.00. The Morgan fingerprint density at radius 3 is 2.57 bits per heavy atom. The Labute approximate surface area is 122 Å². The maximum absolute atomic E-state index is 11.5. The molecule has 110 valence electrons. The molecule has 2 aromatic rings. The van der Waals surface area contributed by atoms with Gasteiger partial charge in [-0.2, -0.15) is 0 Å². The molecule has 2 N–H and O–H groups in total. The second kappa shape index (κ2) is 6.74. The van der Waals surface area contributed by atoms with E-state index < -0.39 is 18.0 Å². The molecular weight excluding hydrogens is 270 g/mol. The number of hydrogen-bond acceptors (Lipinski definition) is 4. The summed E-state index contributed by atoms with van der Waals surface area (Å²) in [5.41, 5.74) is 6.00. The Morgan fingerprint density at radius 2 is 1.90 bits per heavy atom. The zero-order valence-corrected chi connectivity index (χ0v) is 11.7. The standard InChI is InChI=1S/C16H17NO4/c1-11(16(17)19)20-15(18)10-8-13-7-9-14(21-13)12-5-3-2-4-6-12/h2-7,9,11H,8,10H2,1H3,(H2,17,19)/t11-/m0/s1. The number of nitrogens with two attached hydrogens (primary N) is 1. The maximum Gasteiger partial charge on any atom is 0.307 e. The summed E-state index contributed by atoms with van der Waals surface area (Å²) >= 11 is 0. The second-order valence-electron chi connectivity index (χ2n) is 4.67. The number of furan rings is 1. The number of amides is 1. The SMILES string of the molecule is C[C@H](OC(=O)CCc1ccc(-c2ccccc2)o1)C(N)=O. The summed E-state index contributed by atoms with van der Waals surface area (Å²) in [6, 6.07) is 13.4. The van der Waals surface area contributed by atoms with E-state index in [9.17, 15) is 9.59 Å². The Hall–Kier alpha value is -2.56. The summed E-state index contributed by atoms with van der Waals surface area (Å²) in [4.78, 5) is 22.3. The number of rotatable bonds is 6. The highest BCUT2D eigenvalue weighted by molar-refractivity contribution is 5.81. The number of ether oxygens (including phenoxy) is 1. The van der Waals surface area contributed by atoms with Gasteiger partial charge in [-0.3, -0.25) is 9.59 Å². The largest absolute Gasteiger partial charge is 0.461 e. The molecule has 0 unspecified atom stereocenters. The van der Waals surface area contributed by atoms with Crippen molar-refractivity contribution in [1.82, 2.24) is 0 Å². The van der Waals surface area contributed by atoms with E-state index in [0.717, 1.165) is 11.3 Å². The van der Waals surface area contributed by atoms with E-state index in [4.69, 9.17) is 14.9 Å². The molecule has 0 saturated heterocycles. The summed E-state index contributed by atoms with van der Waals surface area (Å²) < 4.78 is 10.5. The average molecular weight is 287 g/mol. The van der Waals surface area contributed by atoms with E-state index >= 15 is 0 Å². The molecule has 5 heteroatoms. The van der Waals surface area contributed by atoms with Crippen molar-refractivity contribution in [3.8, 4) is 11.3 Å². The van der Waals surface area contributed by atoms with Gasteiger partial charge in [-0.15, -0.1) is 0 Å². The van der Waals surface area contributed by atoms with Crippen LogP contribution in [-0.4, -0.2) is 18.0 Å². The molecule has 1 amide bonds. The molecule has 0 aliphatic carbocycles. The molecule has 0 fully saturated rings. The fourth-order valence-corrected chi connectivity index (χ4v) is 1.81. The van der Waals surface area contributed by atoms with Crippen LogP contribution in [-0.2, 0) is 20.7 Å². The maximum atomic E-state index is 11.5. The molecule has 0 aliphatic rings. The first-order valence-corrected chi connectivity index (χ1v) is 6.69. The third kappa shape index (κ3) is 4.21. The third-order valence-corrected chi connectivity index (χ3v) is 3.00. The quantitative estimate of drug-likeness (QED) is 0.826. The van der Waals surface area contributed by atoms with Crippen molar-refractivity contribution in [2.75, 3.05) is 0 Å². The molecule has 1 atom stereocenters. The molecule has 21 heavy (non-hydrogen) atoms. The number of carbonyl (C=O) groups is 2. The summed E-state index contributed by atoms with van der Waals surface area (Å²) in [7, 11) is 0. The Balaban J connectivity index is 1.89. The van der Waals surface area contributed by atoms with Crippen LogP contribution in [0.3, 0.4) is 0 Å². The van der Waals surface area contributed by atoms with Gasteiger partial charge in [0.15, 0.2) is 6.10 Å². The van der Waals surface area contributed by atoms with Gasteiger partial charge in [0.2, 0.25) is 0 Å². The van der Waals surface area contributed by atoms with E-state index in [2.05, 4.69) is 0 Å². The lowest BCUT2D eigenvalue weighted by molar-refractivity contribution is -0.153. The number of hydrogen-bond donors (Lipinski definition) is 1. The van der Waals surface area contributed by atoms with Crippen LogP contribution in [0.5, 0.6) is 0 Å². The summed E-state index contributed by atoms with van der Waals surface area (Å²) in [6.07, 6.45) is -0.356. The molecule has 0 radical (unpaired) electrons. The molecule has 1 aromatic heterocycles. The molecular formula is C16H17NO4. The molecule has 1 heterocycles. The monoisotopic (exact) mass is 287 g/mol. The highest BCUT2D eigenvalue weighted by atomic mass is 16.5. The van der Waals surface area contributed by atoms with Gasteiger partial charge in [0, 0.05) is 12.0 Å². The minimum atomic E-state index is -0.908. The molecule has 0 aliphatic heterocycles. The first-order chi connectivity index (χ1) is 10.1. The highest BCUT2D eigenvalue weighted by Gasteiger charge is 2.15. The predicted molar refractivity (Wildman–Crippen MR) is 77.2 cm³/mol. The van der Waals surface area contributed by atoms with Gasteiger partial charge in [-0.25, -0.2) is 0 Å². The van der Waals surface area contributed by atoms with Crippen LogP contribution >= 0.6 is 0 Å². The van der Waals surface area contributed by atoms with E-state index in [1.807, 2.05) is 42.5 Å². The van der Waals surface area contributed by atoms with Gasteiger partial charge in [-0.1, -0.05) is 30.3 Å². The van der Waals surface area contributed by atoms with Crippen molar-refractivity contribution in [3.63, 3.8) is 0 Å². The minimum absolute atomic E-state index is 0.138. The van der Waals surface area contributed by atoms with Crippen LogP contribution in [0.25, 0.3) is 11.3 Å². The fourth-order valence-electron chi connectivity index (χ4n) is 1.81. The molecule has 0 spiro atoms. The Morgan fingerprint density at radius 1 is 1.19 bits per heavy atom. The van der Waals surface area contributed by atoms with Crippen molar-refractivity contribution < 1.29 is 18.7 Å². The van der Waals surface area contributed by atoms with Gasteiger partial charge in [0.1, 0.15) is 11.5 Å². The lowest BCUT2D eigenvalue weighted by Gasteiger charge is -2.08. The average Bonchev–Trinajstić information content (AvgIpc) is 2.95. The van der Waals surface area contributed by atoms with Crippen molar-refractivity contribution in [2.45, 2.75) is 25.9 Å². The number of benzene rings is 1.